The number of carbonyl (C=O) groups is 1. The molecule has 2 aromatic rings. The lowest BCUT2D eigenvalue weighted by molar-refractivity contribution is -0.119. The van der Waals surface area contributed by atoms with Crippen LogP contribution in [0.4, 0.5) is 5.69 Å². The molecule has 1 amide bonds. The molecule has 0 radical (unpaired) electrons. The average Bonchev–Trinajstić information content (AvgIpc) is 2.85. The van der Waals surface area contributed by atoms with Crippen LogP contribution in [0.3, 0.4) is 0 Å². The van der Waals surface area contributed by atoms with Crippen LogP contribution in [0.25, 0.3) is 11.4 Å². The summed E-state index contributed by atoms with van der Waals surface area (Å²) in [5, 5.41) is 10.8. The Hall–Kier alpha value is -2.21. The monoisotopic (exact) mass is 273 g/mol. The second kappa shape index (κ2) is 6.29. The van der Waals surface area contributed by atoms with Gasteiger partial charge in [-0.3, -0.25) is 4.79 Å². The van der Waals surface area contributed by atoms with E-state index in [1.54, 1.807) is 6.33 Å². The third-order valence-electron chi connectivity index (χ3n) is 3.15. The lowest BCUT2D eigenvalue weighted by Crippen LogP contribution is -2.22. The highest BCUT2D eigenvalue weighted by atomic mass is 16.1. The van der Waals surface area contributed by atoms with Crippen molar-refractivity contribution in [1.82, 2.24) is 14.8 Å². The molecule has 0 spiro atoms. The van der Waals surface area contributed by atoms with Crippen molar-refractivity contribution >= 4 is 11.6 Å². The zero-order valence-electron chi connectivity index (χ0n) is 11.7. The van der Waals surface area contributed by atoms with Gasteiger partial charge in [-0.2, -0.15) is 0 Å². The van der Waals surface area contributed by atoms with Crippen molar-refractivity contribution in [2.75, 3.05) is 11.9 Å². The molecule has 0 saturated heterocycles. The molecule has 0 bridgehead atoms. The Balaban J connectivity index is 2.15. The number of nitrogens with zero attached hydrogens (tertiary/aromatic N) is 3. The molecule has 1 aromatic heterocycles. The fourth-order valence-electron chi connectivity index (χ4n) is 1.93. The number of aromatic nitrogens is 3. The molecule has 0 aliphatic heterocycles. The van der Waals surface area contributed by atoms with Crippen molar-refractivity contribution in [2.24, 2.45) is 18.7 Å². The van der Waals surface area contributed by atoms with Gasteiger partial charge in [0.2, 0.25) is 5.91 Å². The Morgan fingerprint density at radius 2 is 2.30 bits per heavy atom. The Morgan fingerprint density at radius 3 is 2.95 bits per heavy atom. The zero-order valence-corrected chi connectivity index (χ0v) is 11.7. The number of aryl methyl sites for hydroxylation is 1. The van der Waals surface area contributed by atoms with Crippen LogP contribution in [-0.4, -0.2) is 27.2 Å². The van der Waals surface area contributed by atoms with Crippen LogP contribution in [0.2, 0.25) is 0 Å². The summed E-state index contributed by atoms with van der Waals surface area (Å²) in [5.74, 6) is 0.639. The maximum absolute atomic E-state index is 12.0. The summed E-state index contributed by atoms with van der Waals surface area (Å²) >= 11 is 0. The maximum Gasteiger partial charge on any atom is 0.227 e. The number of nitrogens with one attached hydrogen (secondary N) is 1. The molecule has 0 aliphatic rings. The maximum atomic E-state index is 12.0. The largest absolute Gasteiger partial charge is 0.330 e. The number of hydrogen-bond acceptors (Lipinski definition) is 4. The summed E-state index contributed by atoms with van der Waals surface area (Å²) in [6.45, 7) is 2.38. The lowest BCUT2D eigenvalue weighted by atomic mass is 10.1. The first-order valence-electron chi connectivity index (χ1n) is 6.57. The first-order chi connectivity index (χ1) is 9.61. The van der Waals surface area contributed by atoms with E-state index in [4.69, 9.17) is 5.73 Å². The van der Waals surface area contributed by atoms with Crippen molar-refractivity contribution in [3.8, 4) is 11.4 Å². The normalized spacial score (nSPS) is 12.2. The quantitative estimate of drug-likeness (QED) is 0.862. The lowest BCUT2D eigenvalue weighted by Gasteiger charge is -2.11. The van der Waals surface area contributed by atoms with Gasteiger partial charge in [0.15, 0.2) is 5.82 Å². The van der Waals surface area contributed by atoms with Crippen LogP contribution in [0.1, 0.15) is 13.3 Å². The number of rotatable bonds is 5. The van der Waals surface area contributed by atoms with Gasteiger partial charge in [0.1, 0.15) is 6.33 Å². The second-order valence-electron chi connectivity index (χ2n) is 4.81. The molecule has 2 rings (SSSR count). The number of benzene rings is 1. The van der Waals surface area contributed by atoms with Crippen molar-refractivity contribution in [1.29, 1.82) is 0 Å². The summed E-state index contributed by atoms with van der Waals surface area (Å²) in [6, 6.07) is 7.56. The third-order valence-corrected chi connectivity index (χ3v) is 3.15. The van der Waals surface area contributed by atoms with Crippen LogP contribution in [-0.2, 0) is 11.8 Å². The van der Waals surface area contributed by atoms with E-state index >= 15 is 0 Å². The van der Waals surface area contributed by atoms with Gasteiger partial charge in [-0.25, -0.2) is 0 Å². The molecular formula is C14H19N5O. The number of carbonyl (C=O) groups excluding carboxylic acids is 1. The van der Waals surface area contributed by atoms with Crippen molar-refractivity contribution in [2.45, 2.75) is 13.3 Å². The minimum atomic E-state index is -0.0986. The van der Waals surface area contributed by atoms with Crippen molar-refractivity contribution in [3.05, 3.63) is 30.6 Å². The summed E-state index contributed by atoms with van der Waals surface area (Å²) in [5.41, 5.74) is 7.13. The highest BCUT2D eigenvalue weighted by molar-refractivity contribution is 5.92. The van der Waals surface area contributed by atoms with Gasteiger partial charge in [-0.05, 0) is 25.1 Å². The molecular weight excluding hydrogens is 254 g/mol. The summed E-state index contributed by atoms with van der Waals surface area (Å²) in [6.07, 6.45) is 2.32. The van der Waals surface area contributed by atoms with E-state index in [2.05, 4.69) is 15.5 Å². The van der Waals surface area contributed by atoms with E-state index < -0.39 is 0 Å². The van der Waals surface area contributed by atoms with E-state index in [0.717, 1.165) is 17.1 Å². The third kappa shape index (κ3) is 3.21. The molecule has 6 nitrogen and oxygen atoms in total. The Labute approximate surface area is 118 Å². The predicted molar refractivity (Wildman–Crippen MR) is 77.9 cm³/mol. The first-order valence-corrected chi connectivity index (χ1v) is 6.57. The molecule has 106 valence electrons. The van der Waals surface area contributed by atoms with Crippen LogP contribution < -0.4 is 11.1 Å². The molecule has 3 N–H and O–H groups in total. The number of anilines is 1. The van der Waals surface area contributed by atoms with Gasteiger partial charge in [0, 0.05) is 24.2 Å². The Bertz CT molecular complexity index is 593. The van der Waals surface area contributed by atoms with Crippen LogP contribution in [0, 0.1) is 5.92 Å². The van der Waals surface area contributed by atoms with Gasteiger partial charge < -0.3 is 15.6 Å². The molecule has 1 atom stereocenters. The Kier molecular flexibility index (Phi) is 4.47. The van der Waals surface area contributed by atoms with E-state index in [1.807, 2.05) is 42.8 Å². The second-order valence-corrected chi connectivity index (χ2v) is 4.81. The Morgan fingerprint density at radius 1 is 1.50 bits per heavy atom. The zero-order chi connectivity index (χ0) is 14.5. The van der Waals surface area contributed by atoms with E-state index in [1.165, 1.54) is 0 Å². The summed E-state index contributed by atoms with van der Waals surface area (Å²) < 4.78 is 1.83. The SMILES string of the molecule is CC(CCN)C(=O)Nc1cccc(-c2nncn2C)c1. The highest BCUT2D eigenvalue weighted by Gasteiger charge is 2.12. The molecule has 6 heteroatoms. The highest BCUT2D eigenvalue weighted by Crippen LogP contribution is 2.20. The van der Waals surface area contributed by atoms with Crippen LogP contribution >= 0.6 is 0 Å². The van der Waals surface area contributed by atoms with E-state index in [0.29, 0.717) is 13.0 Å². The van der Waals surface area contributed by atoms with Crippen LogP contribution in [0.5, 0.6) is 0 Å². The predicted octanol–water partition coefficient (Wildman–Crippen LogP) is 1.41. The molecule has 0 fully saturated rings. The summed E-state index contributed by atoms with van der Waals surface area (Å²) in [7, 11) is 1.88. The summed E-state index contributed by atoms with van der Waals surface area (Å²) in [4.78, 5) is 12.0. The van der Waals surface area contributed by atoms with Gasteiger partial charge in [0.05, 0.1) is 0 Å². The number of nitrogens with two attached hydrogens (primary N) is 1. The number of amides is 1. The van der Waals surface area contributed by atoms with E-state index in [9.17, 15) is 4.79 Å². The smallest absolute Gasteiger partial charge is 0.227 e. The van der Waals surface area contributed by atoms with Crippen molar-refractivity contribution in [3.63, 3.8) is 0 Å². The first kappa shape index (κ1) is 14.2. The molecule has 0 aliphatic carbocycles. The van der Waals surface area contributed by atoms with Gasteiger partial charge in [-0.1, -0.05) is 19.1 Å². The fourth-order valence-corrected chi connectivity index (χ4v) is 1.93. The van der Waals surface area contributed by atoms with Gasteiger partial charge >= 0.3 is 0 Å². The average molecular weight is 273 g/mol. The minimum absolute atomic E-state index is 0.0226. The number of hydrogen-bond donors (Lipinski definition) is 2. The van der Waals surface area contributed by atoms with E-state index in [-0.39, 0.29) is 11.8 Å². The minimum Gasteiger partial charge on any atom is -0.330 e. The topological polar surface area (TPSA) is 85.8 Å². The van der Waals surface area contributed by atoms with Crippen molar-refractivity contribution < 1.29 is 4.79 Å². The van der Waals surface area contributed by atoms with Gasteiger partial charge in [-0.15, -0.1) is 10.2 Å². The molecule has 20 heavy (non-hydrogen) atoms. The molecule has 0 saturated carbocycles. The molecule has 1 unspecified atom stereocenters. The van der Waals surface area contributed by atoms with Gasteiger partial charge in [0.25, 0.3) is 0 Å². The standard InChI is InChI=1S/C14H19N5O/c1-10(6-7-15)14(20)17-12-5-3-4-11(8-12)13-18-16-9-19(13)2/h3-5,8-10H,6-7,15H2,1-2H3,(H,17,20). The van der Waals surface area contributed by atoms with Crippen LogP contribution in [0.15, 0.2) is 30.6 Å². The molecule has 1 heterocycles. The fraction of sp³-hybridized carbons (Fsp3) is 0.357. The molecule has 1 aromatic carbocycles.